The Morgan fingerprint density at radius 1 is 1.59 bits per heavy atom. The molecule has 0 aliphatic carbocycles. The van der Waals surface area contributed by atoms with Crippen LogP contribution in [-0.2, 0) is 6.42 Å². The molecule has 0 radical (unpaired) electrons. The number of nitrogens with zero attached hydrogens (tertiary/aromatic N) is 2. The maximum Gasteiger partial charge on any atom is 0.256 e. The van der Waals surface area contributed by atoms with Crippen LogP contribution >= 0.6 is 11.6 Å². The maximum absolute atomic E-state index is 11.6. The summed E-state index contributed by atoms with van der Waals surface area (Å²) in [5.41, 5.74) is 0.353. The van der Waals surface area contributed by atoms with Gasteiger partial charge in [-0.25, -0.2) is 4.98 Å². The molecule has 0 atom stereocenters. The summed E-state index contributed by atoms with van der Waals surface area (Å²) in [5.74, 6) is 0.571. The molecule has 0 bridgehead atoms. The molecular weight excluding hydrogens is 244 g/mol. The summed E-state index contributed by atoms with van der Waals surface area (Å²) in [6.07, 6.45) is 4.35. The van der Waals surface area contributed by atoms with E-state index in [1.807, 2.05) is 0 Å². The molecule has 2 aromatic rings. The zero-order chi connectivity index (χ0) is 12.1. The first-order valence-electron chi connectivity index (χ1n) is 5.13. The second-order valence-electron chi connectivity index (χ2n) is 3.40. The van der Waals surface area contributed by atoms with Crippen molar-refractivity contribution >= 4 is 17.5 Å². The van der Waals surface area contributed by atoms with Crippen molar-refractivity contribution in [1.82, 2.24) is 20.5 Å². The van der Waals surface area contributed by atoms with Crippen LogP contribution in [0.15, 0.2) is 23.1 Å². The van der Waals surface area contributed by atoms with Crippen LogP contribution in [0.5, 0.6) is 0 Å². The minimum atomic E-state index is -0.235. The van der Waals surface area contributed by atoms with E-state index in [0.717, 1.165) is 18.7 Å². The Labute approximate surface area is 102 Å². The van der Waals surface area contributed by atoms with Crippen molar-refractivity contribution in [2.24, 2.45) is 0 Å². The van der Waals surface area contributed by atoms with E-state index in [1.54, 1.807) is 0 Å². The van der Waals surface area contributed by atoms with E-state index in [4.69, 9.17) is 16.0 Å². The Kier molecular flexibility index (Phi) is 3.77. The highest BCUT2D eigenvalue weighted by Gasteiger charge is 2.11. The SMILES string of the molecule is O=C(NCCCc1ncn[nH]1)c1ccoc1Cl. The smallest absolute Gasteiger partial charge is 0.256 e. The molecule has 0 spiro atoms. The van der Waals surface area contributed by atoms with Gasteiger partial charge in [0.05, 0.1) is 11.8 Å². The highest BCUT2D eigenvalue weighted by molar-refractivity contribution is 6.32. The van der Waals surface area contributed by atoms with Crippen LogP contribution in [0.25, 0.3) is 0 Å². The Balaban J connectivity index is 1.72. The molecule has 17 heavy (non-hydrogen) atoms. The van der Waals surface area contributed by atoms with Gasteiger partial charge in [0.25, 0.3) is 5.91 Å². The fourth-order valence-electron chi connectivity index (χ4n) is 1.36. The molecule has 7 heteroatoms. The number of nitrogens with one attached hydrogen (secondary N) is 2. The molecule has 0 unspecified atom stereocenters. The van der Waals surface area contributed by atoms with Crippen LogP contribution < -0.4 is 5.32 Å². The van der Waals surface area contributed by atoms with Crippen LogP contribution in [0.3, 0.4) is 0 Å². The number of aromatic nitrogens is 3. The first-order valence-corrected chi connectivity index (χ1v) is 5.50. The lowest BCUT2D eigenvalue weighted by Gasteiger charge is -2.02. The number of aromatic amines is 1. The molecule has 2 rings (SSSR count). The van der Waals surface area contributed by atoms with Gasteiger partial charge in [-0.2, -0.15) is 5.10 Å². The van der Waals surface area contributed by atoms with Gasteiger partial charge in [0.2, 0.25) is 5.22 Å². The van der Waals surface area contributed by atoms with Gasteiger partial charge < -0.3 is 9.73 Å². The van der Waals surface area contributed by atoms with Gasteiger partial charge in [-0.05, 0) is 24.1 Å². The van der Waals surface area contributed by atoms with Gasteiger partial charge in [0.1, 0.15) is 12.2 Å². The average molecular weight is 255 g/mol. The molecule has 0 aliphatic rings. The minimum Gasteiger partial charge on any atom is -0.452 e. The third-order valence-electron chi connectivity index (χ3n) is 2.20. The van der Waals surface area contributed by atoms with Crippen molar-refractivity contribution in [3.63, 3.8) is 0 Å². The predicted molar refractivity (Wildman–Crippen MR) is 60.8 cm³/mol. The van der Waals surface area contributed by atoms with Gasteiger partial charge >= 0.3 is 0 Å². The molecule has 0 fully saturated rings. The zero-order valence-electron chi connectivity index (χ0n) is 8.94. The van der Waals surface area contributed by atoms with Crippen molar-refractivity contribution in [3.05, 3.63) is 35.3 Å². The number of aryl methyl sites for hydroxylation is 1. The first-order chi connectivity index (χ1) is 8.27. The van der Waals surface area contributed by atoms with E-state index in [-0.39, 0.29) is 11.1 Å². The number of hydrogen-bond acceptors (Lipinski definition) is 4. The van der Waals surface area contributed by atoms with Crippen molar-refractivity contribution in [2.45, 2.75) is 12.8 Å². The molecule has 90 valence electrons. The van der Waals surface area contributed by atoms with E-state index in [0.29, 0.717) is 12.1 Å². The lowest BCUT2D eigenvalue weighted by molar-refractivity contribution is 0.0952. The summed E-state index contributed by atoms with van der Waals surface area (Å²) in [7, 11) is 0. The number of carbonyl (C=O) groups excluding carboxylic acids is 1. The first kappa shape index (κ1) is 11.7. The molecule has 0 saturated carbocycles. The Morgan fingerprint density at radius 3 is 3.12 bits per heavy atom. The summed E-state index contributed by atoms with van der Waals surface area (Å²) < 4.78 is 4.83. The van der Waals surface area contributed by atoms with Gasteiger partial charge in [0.15, 0.2) is 0 Å². The van der Waals surface area contributed by atoms with Crippen LogP contribution in [0.1, 0.15) is 22.6 Å². The molecule has 0 aliphatic heterocycles. The number of hydrogen-bond donors (Lipinski definition) is 2. The molecule has 6 nitrogen and oxygen atoms in total. The summed E-state index contributed by atoms with van der Waals surface area (Å²) in [4.78, 5) is 15.6. The van der Waals surface area contributed by atoms with Crippen molar-refractivity contribution in [3.8, 4) is 0 Å². The van der Waals surface area contributed by atoms with Gasteiger partial charge in [-0.15, -0.1) is 0 Å². The summed E-state index contributed by atoms with van der Waals surface area (Å²) in [6, 6.07) is 1.54. The third-order valence-corrected chi connectivity index (χ3v) is 2.50. The molecule has 2 aromatic heterocycles. The third kappa shape index (κ3) is 3.07. The standard InChI is InChI=1S/C10H11ClN4O2/c11-9-7(3-5-17-9)10(16)12-4-1-2-8-13-6-14-15-8/h3,5-6H,1-2,4H2,(H,12,16)(H,13,14,15). The van der Waals surface area contributed by atoms with E-state index in [2.05, 4.69) is 20.5 Å². The van der Waals surface area contributed by atoms with Crippen LogP contribution in [0.4, 0.5) is 0 Å². The summed E-state index contributed by atoms with van der Waals surface area (Å²) >= 11 is 5.68. The molecule has 0 saturated heterocycles. The van der Waals surface area contributed by atoms with Crippen molar-refractivity contribution in [2.75, 3.05) is 6.54 Å². The second-order valence-corrected chi connectivity index (χ2v) is 3.74. The van der Waals surface area contributed by atoms with E-state index in [1.165, 1.54) is 18.7 Å². The highest BCUT2D eigenvalue weighted by Crippen LogP contribution is 2.15. The molecule has 2 heterocycles. The Morgan fingerprint density at radius 2 is 2.47 bits per heavy atom. The summed E-state index contributed by atoms with van der Waals surface area (Å²) in [5, 5.41) is 9.34. The van der Waals surface area contributed by atoms with Crippen LogP contribution in [-0.4, -0.2) is 27.6 Å². The van der Waals surface area contributed by atoms with Gasteiger partial charge in [0, 0.05) is 13.0 Å². The quantitative estimate of drug-likeness (QED) is 0.791. The van der Waals surface area contributed by atoms with E-state index >= 15 is 0 Å². The maximum atomic E-state index is 11.6. The number of amides is 1. The van der Waals surface area contributed by atoms with Crippen molar-refractivity contribution < 1.29 is 9.21 Å². The minimum absolute atomic E-state index is 0.109. The lowest BCUT2D eigenvalue weighted by atomic mass is 10.2. The van der Waals surface area contributed by atoms with Crippen LogP contribution in [0.2, 0.25) is 5.22 Å². The highest BCUT2D eigenvalue weighted by atomic mass is 35.5. The Hall–Kier alpha value is -1.82. The zero-order valence-corrected chi connectivity index (χ0v) is 9.70. The molecule has 0 aromatic carbocycles. The molecule has 1 amide bonds. The normalized spacial score (nSPS) is 10.4. The summed E-state index contributed by atoms with van der Waals surface area (Å²) in [6.45, 7) is 0.543. The topological polar surface area (TPSA) is 83.8 Å². The lowest BCUT2D eigenvalue weighted by Crippen LogP contribution is -2.24. The largest absolute Gasteiger partial charge is 0.452 e. The predicted octanol–water partition coefficient (Wildman–Crippen LogP) is 1.41. The molecular formula is C10H11ClN4O2. The monoisotopic (exact) mass is 254 g/mol. The van der Waals surface area contributed by atoms with Crippen LogP contribution in [0, 0.1) is 0 Å². The number of furan rings is 1. The molecule has 2 N–H and O–H groups in total. The van der Waals surface area contributed by atoms with E-state index in [9.17, 15) is 4.79 Å². The fourth-order valence-corrected chi connectivity index (χ4v) is 1.56. The number of carbonyl (C=O) groups is 1. The van der Waals surface area contributed by atoms with Gasteiger partial charge in [-0.3, -0.25) is 9.89 Å². The van der Waals surface area contributed by atoms with Gasteiger partial charge in [-0.1, -0.05) is 0 Å². The number of rotatable bonds is 5. The average Bonchev–Trinajstić information content (AvgIpc) is 2.95. The second kappa shape index (κ2) is 5.49. The van der Waals surface area contributed by atoms with Crippen molar-refractivity contribution in [1.29, 1.82) is 0 Å². The fraction of sp³-hybridized carbons (Fsp3) is 0.300. The number of halogens is 1. The Bertz CT molecular complexity index is 480. The number of H-pyrrole nitrogens is 1. The van der Waals surface area contributed by atoms with E-state index < -0.39 is 0 Å².